The van der Waals surface area contributed by atoms with Gasteiger partial charge >= 0.3 is 0 Å². The number of piperidine rings is 1. The quantitative estimate of drug-likeness (QED) is 0.852. The summed E-state index contributed by atoms with van der Waals surface area (Å²) in [5, 5.41) is 0. The molecule has 1 atom stereocenters. The fraction of sp³-hybridized carbons (Fsp3) is 0.667. The van der Waals surface area contributed by atoms with Crippen molar-refractivity contribution >= 4 is 10.0 Å². The van der Waals surface area contributed by atoms with Gasteiger partial charge in [-0.25, -0.2) is 12.7 Å². The number of nitrogens with zero attached hydrogens (tertiary/aromatic N) is 3. The normalized spacial score (nSPS) is 26.2. The molecule has 2 aliphatic heterocycles. The Bertz CT molecular complexity index is 568. The lowest BCUT2D eigenvalue weighted by atomic mass is 10.0. The van der Waals surface area contributed by atoms with Crippen molar-refractivity contribution in [3.05, 3.63) is 30.1 Å². The first-order chi connectivity index (χ1) is 10.1. The van der Waals surface area contributed by atoms with Crippen LogP contribution in [0.3, 0.4) is 0 Å². The summed E-state index contributed by atoms with van der Waals surface area (Å²) in [6.07, 6.45) is 7.38. The third-order valence-corrected chi connectivity index (χ3v) is 5.99. The minimum Gasteiger partial charge on any atom is -0.292 e. The molecule has 0 unspecified atom stereocenters. The van der Waals surface area contributed by atoms with Crippen LogP contribution in [-0.4, -0.2) is 54.5 Å². The molecule has 0 N–H and O–H groups in total. The Morgan fingerprint density at radius 3 is 2.52 bits per heavy atom. The molecule has 0 radical (unpaired) electrons. The summed E-state index contributed by atoms with van der Waals surface area (Å²) in [4.78, 5) is 7.06. The Morgan fingerprint density at radius 1 is 1.14 bits per heavy atom. The highest BCUT2D eigenvalue weighted by Gasteiger charge is 2.35. The molecule has 0 bridgehead atoms. The third-order valence-electron chi connectivity index (χ3n) is 4.68. The molecule has 5 nitrogen and oxygen atoms in total. The molecular weight excluding hydrogens is 286 g/mol. The smallest absolute Gasteiger partial charge is 0.211 e. The van der Waals surface area contributed by atoms with Crippen LogP contribution in [0.15, 0.2) is 24.4 Å². The molecule has 0 spiro atoms. The zero-order valence-electron chi connectivity index (χ0n) is 12.5. The van der Waals surface area contributed by atoms with E-state index < -0.39 is 10.0 Å². The average Bonchev–Trinajstić information content (AvgIpc) is 2.97. The van der Waals surface area contributed by atoms with E-state index >= 15 is 0 Å². The summed E-state index contributed by atoms with van der Waals surface area (Å²) in [7, 11) is -3.04. The van der Waals surface area contributed by atoms with Crippen LogP contribution in [0.4, 0.5) is 0 Å². The van der Waals surface area contributed by atoms with Crippen molar-refractivity contribution in [2.45, 2.75) is 37.8 Å². The van der Waals surface area contributed by atoms with Crippen LogP contribution in [0.2, 0.25) is 0 Å². The molecule has 0 saturated carbocycles. The Hall–Kier alpha value is -0.980. The van der Waals surface area contributed by atoms with Crippen molar-refractivity contribution in [2.24, 2.45) is 0 Å². The first-order valence-corrected chi connectivity index (χ1v) is 9.52. The van der Waals surface area contributed by atoms with E-state index in [0.717, 1.165) is 31.5 Å². The van der Waals surface area contributed by atoms with Crippen molar-refractivity contribution in [3.63, 3.8) is 0 Å². The zero-order chi connectivity index (χ0) is 14.9. The summed E-state index contributed by atoms with van der Waals surface area (Å²) in [6, 6.07) is 6.99. The van der Waals surface area contributed by atoms with Gasteiger partial charge in [0.2, 0.25) is 10.0 Å². The highest BCUT2D eigenvalue weighted by atomic mass is 32.2. The first-order valence-electron chi connectivity index (χ1n) is 7.67. The van der Waals surface area contributed by atoms with E-state index in [1.807, 2.05) is 18.3 Å². The molecule has 0 aliphatic carbocycles. The molecule has 1 aromatic heterocycles. The Labute approximate surface area is 127 Å². The molecular formula is C15H23N3O2S. The van der Waals surface area contributed by atoms with Gasteiger partial charge in [-0.1, -0.05) is 6.07 Å². The molecule has 0 aromatic carbocycles. The summed E-state index contributed by atoms with van der Waals surface area (Å²) in [5.41, 5.74) is 1.15. The Balaban J connectivity index is 1.67. The minimum atomic E-state index is -3.04. The predicted octanol–water partition coefficient (Wildman–Crippen LogP) is 1.64. The SMILES string of the molecule is CS(=O)(=O)N1CCC(N2CCC[C@H]2c2ccccn2)CC1. The van der Waals surface area contributed by atoms with Gasteiger partial charge in [0, 0.05) is 25.3 Å². The lowest BCUT2D eigenvalue weighted by Gasteiger charge is -2.38. The largest absolute Gasteiger partial charge is 0.292 e. The molecule has 1 aromatic rings. The van der Waals surface area contributed by atoms with Gasteiger partial charge in [0.1, 0.15) is 0 Å². The maximum Gasteiger partial charge on any atom is 0.211 e. The second kappa shape index (κ2) is 6.02. The Morgan fingerprint density at radius 2 is 1.90 bits per heavy atom. The topological polar surface area (TPSA) is 53.5 Å². The van der Waals surface area contributed by atoms with E-state index in [9.17, 15) is 8.42 Å². The highest BCUT2D eigenvalue weighted by molar-refractivity contribution is 7.88. The van der Waals surface area contributed by atoms with E-state index in [2.05, 4.69) is 16.0 Å². The minimum absolute atomic E-state index is 0.404. The fourth-order valence-electron chi connectivity index (χ4n) is 3.62. The monoisotopic (exact) mass is 309 g/mol. The molecule has 3 heterocycles. The number of aromatic nitrogens is 1. The third kappa shape index (κ3) is 3.27. The van der Waals surface area contributed by atoms with E-state index in [1.54, 1.807) is 4.31 Å². The van der Waals surface area contributed by atoms with Crippen molar-refractivity contribution in [1.29, 1.82) is 0 Å². The van der Waals surface area contributed by atoms with Crippen LogP contribution in [0.25, 0.3) is 0 Å². The van der Waals surface area contributed by atoms with E-state index in [0.29, 0.717) is 25.2 Å². The number of hydrogen-bond acceptors (Lipinski definition) is 4. The van der Waals surface area contributed by atoms with Crippen LogP contribution >= 0.6 is 0 Å². The molecule has 2 aliphatic rings. The van der Waals surface area contributed by atoms with E-state index in [-0.39, 0.29) is 0 Å². The van der Waals surface area contributed by atoms with E-state index in [1.165, 1.54) is 12.7 Å². The van der Waals surface area contributed by atoms with Gasteiger partial charge in [0.15, 0.2) is 0 Å². The lowest BCUT2D eigenvalue weighted by Crippen LogP contribution is -2.46. The standard InChI is InChI=1S/C15H23N3O2S/c1-21(19,20)17-11-7-13(8-12-17)18-10-4-6-15(18)14-5-2-3-9-16-14/h2-3,5,9,13,15H,4,6-8,10-12H2,1H3/t15-/m0/s1. The number of rotatable bonds is 3. The van der Waals surface area contributed by atoms with Gasteiger partial charge in [0.05, 0.1) is 18.0 Å². The number of pyridine rings is 1. The highest BCUT2D eigenvalue weighted by Crippen LogP contribution is 2.35. The molecule has 2 saturated heterocycles. The summed E-state index contributed by atoms with van der Waals surface area (Å²) < 4.78 is 24.8. The predicted molar refractivity (Wildman–Crippen MR) is 82.4 cm³/mol. The maximum absolute atomic E-state index is 11.6. The summed E-state index contributed by atoms with van der Waals surface area (Å²) in [6.45, 7) is 2.40. The number of likely N-dealkylation sites (tertiary alicyclic amines) is 1. The van der Waals surface area contributed by atoms with Crippen LogP contribution in [0.1, 0.15) is 37.4 Å². The van der Waals surface area contributed by atoms with Crippen LogP contribution in [0.5, 0.6) is 0 Å². The summed E-state index contributed by atoms with van der Waals surface area (Å²) in [5.74, 6) is 0. The van der Waals surface area contributed by atoms with Crippen LogP contribution in [0, 0.1) is 0 Å². The Kier molecular flexibility index (Phi) is 4.28. The van der Waals surface area contributed by atoms with Gasteiger partial charge in [-0.2, -0.15) is 0 Å². The zero-order valence-corrected chi connectivity index (χ0v) is 13.3. The second-order valence-corrected chi connectivity index (χ2v) is 8.03. The number of sulfonamides is 1. The van der Waals surface area contributed by atoms with Crippen LogP contribution in [-0.2, 0) is 10.0 Å². The molecule has 21 heavy (non-hydrogen) atoms. The van der Waals surface area contributed by atoms with Crippen molar-refractivity contribution in [2.75, 3.05) is 25.9 Å². The fourth-order valence-corrected chi connectivity index (χ4v) is 4.50. The van der Waals surface area contributed by atoms with Crippen LogP contribution < -0.4 is 0 Å². The van der Waals surface area contributed by atoms with Crippen molar-refractivity contribution < 1.29 is 8.42 Å². The molecule has 116 valence electrons. The van der Waals surface area contributed by atoms with Gasteiger partial charge in [-0.3, -0.25) is 9.88 Å². The van der Waals surface area contributed by atoms with Crippen molar-refractivity contribution in [1.82, 2.24) is 14.2 Å². The van der Waals surface area contributed by atoms with Gasteiger partial charge < -0.3 is 0 Å². The number of hydrogen-bond donors (Lipinski definition) is 0. The average molecular weight is 309 g/mol. The van der Waals surface area contributed by atoms with Gasteiger partial charge in [0.25, 0.3) is 0 Å². The van der Waals surface area contributed by atoms with Gasteiger partial charge in [-0.05, 0) is 44.4 Å². The molecule has 2 fully saturated rings. The lowest BCUT2D eigenvalue weighted by molar-refractivity contribution is 0.125. The van der Waals surface area contributed by atoms with E-state index in [4.69, 9.17) is 0 Å². The molecule has 6 heteroatoms. The summed E-state index contributed by atoms with van der Waals surface area (Å²) >= 11 is 0. The first kappa shape index (κ1) is 14.9. The van der Waals surface area contributed by atoms with Crippen molar-refractivity contribution in [3.8, 4) is 0 Å². The van der Waals surface area contributed by atoms with Gasteiger partial charge in [-0.15, -0.1) is 0 Å². The maximum atomic E-state index is 11.6. The molecule has 0 amide bonds. The second-order valence-electron chi connectivity index (χ2n) is 6.04. The molecule has 3 rings (SSSR count).